The third-order valence-electron chi connectivity index (χ3n) is 3.42. The molecule has 88 valence electrons. The summed E-state index contributed by atoms with van der Waals surface area (Å²) >= 11 is 5.89. The quantitative estimate of drug-likeness (QED) is 0.843. The molecule has 2 aromatic rings. The van der Waals surface area contributed by atoms with Crippen LogP contribution in [0.1, 0.15) is 29.2 Å². The highest BCUT2D eigenvalue weighted by Gasteiger charge is 2.25. The molecule has 2 N–H and O–H groups in total. The highest BCUT2D eigenvalue weighted by molar-refractivity contribution is 6.30. The number of aromatic nitrogens is 1. The topological polar surface area (TPSA) is 52.0 Å². The molecule has 3 nitrogen and oxygen atoms in total. The van der Waals surface area contributed by atoms with Crippen LogP contribution in [0.5, 0.6) is 0 Å². The van der Waals surface area contributed by atoms with Gasteiger partial charge in [-0.15, -0.1) is 0 Å². The summed E-state index contributed by atoms with van der Waals surface area (Å²) in [5, 5.41) is 4.75. The van der Waals surface area contributed by atoms with Crippen molar-refractivity contribution in [3.05, 3.63) is 46.1 Å². The molecule has 0 spiro atoms. The van der Waals surface area contributed by atoms with Gasteiger partial charge in [0.2, 0.25) is 5.88 Å². The lowest BCUT2D eigenvalue weighted by Crippen LogP contribution is -2.12. The molecular formula is C13H13ClN2O. The van der Waals surface area contributed by atoms with Crippen molar-refractivity contribution in [1.29, 1.82) is 0 Å². The van der Waals surface area contributed by atoms with Gasteiger partial charge in [0.25, 0.3) is 0 Å². The number of nitrogen functional groups attached to an aromatic ring is 1. The standard InChI is InChI=1S/C13H13ClN2O/c14-10-4-1-8(2-5-10)9-3-6-12-11(7-9)13(15)17-16-12/h1-2,4-5,9H,3,6-7,15H2. The van der Waals surface area contributed by atoms with E-state index in [9.17, 15) is 0 Å². The lowest BCUT2D eigenvalue weighted by atomic mass is 9.83. The number of halogens is 1. The Bertz CT molecular complexity index is 533. The van der Waals surface area contributed by atoms with Gasteiger partial charge in [0.05, 0.1) is 5.69 Å². The Balaban J connectivity index is 1.88. The minimum atomic E-state index is 0.471. The van der Waals surface area contributed by atoms with Crippen LogP contribution in [-0.4, -0.2) is 5.16 Å². The summed E-state index contributed by atoms with van der Waals surface area (Å²) in [4.78, 5) is 0. The summed E-state index contributed by atoms with van der Waals surface area (Å²) in [5.41, 5.74) is 9.18. The maximum Gasteiger partial charge on any atom is 0.225 e. The number of nitrogens with zero attached hydrogens (tertiary/aromatic N) is 1. The highest BCUT2D eigenvalue weighted by atomic mass is 35.5. The molecule has 4 heteroatoms. The molecule has 17 heavy (non-hydrogen) atoms. The number of anilines is 1. The average molecular weight is 249 g/mol. The molecule has 0 bridgehead atoms. The number of nitrogens with two attached hydrogens (primary N) is 1. The molecule has 1 unspecified atom stereocenters. The second kappa shape index (κ2) is 4.08. The van der Waals surface area contributed by atoms with Gasteiger partial charge in [0, 0.05) is 10.6 Å². The first kappa shape index (κ1) is 10.7. The van der Waals surface area contributed by atoms with E-state index < -0.39 is 0 Å². The van der Waals surface area contributed by atoms with Gasteiger partial charge in [-0.1, -0.05) is 28.9 Å². The molecule has 0 saturated carbocycles. The highest BCUT2D eigenvalue weighted by Crippen LogP contribution is 2.35. The zero-order valence-corrected chi connectivity index (χ0v) is 10.1. The summed E-state index contributed by atoms with van der Waals surface area (Å²) in [6.07, 6.45) is 2.93. The van der Waals surface area contributed by atoms with Crippen LogP contribution >= 0.6 is 11.6 Å². The molecule has 1 aliphatic carbocycles. The van der Waals surface area contributed by atoms with Crippen molar-refractivity contribution in [2.24, 2.45) is 0 Å². The average Bonchev–Trinajstić information content (AvgIpc) is 2.72. The van der Waals surface area contributed by atoms with Crippen LogP contribution in [0.15, 0.2) is 28.8 Å². The summed E-state index contributed by atoms with van der Waals surface area (Å²) in [7, 11) is 0. The molecule has 0 fully saturated rings. The Morgan fingerprint density at radius 1 is 1.29 bits per heavy atom. The van der Waals surface area contributed by atoms with Gasteiger partial charge in [-0.3, -0.25) is 0 Å². The lowest BCUT2D eigenvalue weighted by molar-refractivity contribution is 0.426. The molecule has 3 rings (SSSR count). The second-order valence-corrected chi connectivity index (χ2v) is 4.90. The van der Waals surface area contributed by atoms with Gasteiger partial charge < -0.3 is 10.3 Å². The third kappa shape index (κ3) is 1.91. The van der Waals surface area contributed by atoms with E-state index in [2.05, 4.69) is 17.3 Å². The van der Waals surface area contributed by atoms with Crippen molar-refractivity contribution >= 4 is 17.5 Å². The first-order chi connectivity index (χ1) is 8.24. The molecule has 1 aliphatic rings. The first-order valence-electron chi connectivity index (χ1n) is 5.72. The van der Waals surface area contributed by atoms with E-state index in [1.807, 2.05) is 12.1 Å². The van der Waals surface area contributed by atoms with Crippen molar-refractivity contribution in [3.8, 4) is 0 Å². The van der Waals surface area contributed by atoms with Crippen LogP contribution in [0.25, 0.3) is 0 Å². The summed E-state index contributed by atoms with van der Waals surface area (Å²) < 4.78 is 5.03. The van der Waals surface area contributed by atoms with Crippen LogP contribution in [0.2, 0.25) is 5.02 Å². The fourth-order valence-corrected chi connectivity index (χ4v) is 2.58. The van der Waals surface area contributed by atoms with Crippen molar-refractivity contribution in [1.82, 2.24) is 5.16 Å². The molecule has 1 atom stereocenters. The predicted molar refractivity (Wildman–Crippen MR) is 67.1 cm³/mol. The fourth-order valence-electron chi connectivity index (χ4n) is 2.45. The molecule has 0 amide bonds. The molecule has 0 aliphatic heterocycles. The smallest absolute Gasteiger partial charge is 0.225 e. The van der Waals surface area contributed by atoms with Gasteiger partial charge in [-0.2, -0.15) is 0 Å². The van der Waals surface area contributed by atoms with Gasteiger partial charge in [-0.25, -0.2) is 0 Å². The Labute approximate surface area is 105 Å². The summed E-state index contributed by atoms with van der Waals surface area (Å²) in [6, 6.07) is 8.04. The maximum absolute atomic E-state index is 5.89. The molecule has 1 aromatic carbocycles. The number of rotatable bonds is 1. The number of hydrogen-bond acceptors (Lipinski definition) is 3. The zero-order chi connectivity index (χ0) is 11.8. The zero-order valence-electron chi connectivity index (χ0n) is 9.32. The molecule has 1 heterocycles. The van der Waals surface area contributed by atoms with E-state index in [1.54, 1.807) is 0 Å². The Morgan fingerprint density at radius 3 is 2.82 bits per heavy atom. The van der Waals surface area contributed by atoms with Crippen LogP contribution in [0.3, 0.4) is 0 Å². The first-order valence-corrected chi connectivity index (χ1v) is 6.10. The van der Waals surface area contributed by atoms with Crippen LogP contribution < -0.4 is 5.73 Å². The van der Waals surface area contributed by atoms with E-state index in [4.69, 9.17) is 21.9 Å². The second-order valence-electron chi connectivity index (χ2n) is 4.46. The van der Waals surface area contributed by atoms with Crippen molar-refractivity contribution < 1.29 is 4.52 Å². The Hall–Kier alpha value is -1.48. The number of benzene rings is 1. The number of hydrogen-bond donors (Lipinski definition) is 1. The van der Waals surface area contributed by atoms with E-state index in [1.165, 1.54) is 5.56 Å². The number of aryl methyl sites for hydroxylation is 1. The molecule has 0 radical (unpaired) electrons. The normalized spacial score (nSPS) is 19.0. The van der Waals surface area contributed by atoms with E-state index in [0.29, 0.717) is 11.8 Å². The number of fused-ring (bicyclic) bond motifs is 1. The minimum absolute atomic E-state index is 0.471. The van der Waals surface area contributed by atoms with Gasteiger partial charge in [0.1, 0.15) is 0 Å². The molecule has 0 saturated heterocycles. The molecule has 1 aromatic heterocycles. The lowest BCUT2D eigenvalue weighted by Gasteiger charge is -2.21. The monoisotopic (exact) mass is 248 g/mol. The minimum Gasteiger partial charge on any atom is -0.367 e. The van der Waals surface area contributed by atoms with Crippen molar-refractivity contribution in [2.45, 2.75) is 25.2 Å². The predicted octanol–water partition coefficient (Wildman–Crippen LogP) is 3.18. The Morgan fingerprint density at radius 2 is 2.06 bits per heavy atom. The van der Waals surface area contributed by atoms with Gasteiger partial charge >= 0.3 is 0 Å². The van der Waals surface area contributed by atoms with Gasteiger partial charge in [-0.05, 0) is 42.9 Å². The van der Waals surface area contributed by atoms with Gasteiger partial charge in [0.15, 0.2) is 0 Å². The molecular weight excluding hydrogens is 236 g/mol. The maximum atomic E-state index is 5.89. The third-order valence-corrected chi connectivity index (χ3v) is 3.67. The SMILES string of the molecule is Nc1onc2c1CC(c1ccc(Cl)cc1)CC2. The Kier molecular flexibility index (Phi) is 2.56. The van der Waals surface area contributed by atoms with E-state index in [-0.39, 0.29) is 0 Å². The fraction of sp³-hybridized carbons (Fsp3) is 0.308. The largest absolute Gasteiger partial charge is 0.367 e. The van der Waals surface area contributed by atoms with E-state index >= 15 is 0 Å². The van der Waals surface area contributed by atoms with Crippen LogP contribution in [0, 0.1) is 0 Å². The van der Waals surface area contributed by atoms with Crippen LogP contribution in [0.4, 0.5) is 5.88 Å². The summed E-state index contributed by atoms with van der Waals surface area (Å²) in [5.74, 6) is 0.958. The van der Waals surface area contributed by atoms with E-state index in [0.717, 1.165) is 35.5 Å². The summed E-state index contributed by atoms with van der Waals surface area (Å²) in [6.45, 7) is 0. The van der Waals surface area contributed by atoms with Crippen molar-refractivity contribution in [2.75, 3.05) is 5.73 Å². The van der Waals surface area contributed by atoms with Crippen LogP contribution in [-0.2, 0) is 12.8 Å². The van der Waals surface area contributed by atoms with Crippen molar-refractivity contribution in [3.63, 3.8) is 0 Å².